The van der Waals surface area contributed by atoms with Crippen LogP contribution in [0.3, 0.4) is 0 Å². The maximum Gasteiger partial charge on any atom is 0.126 e. The first-order chi connectivity index (χ1) is 9.31. The monoisotopic (exact) mass is 261 g/mol. The van der Waals surface area contributed by atoms with E-state index in [0.29, 0.717) is 11.8 Å². The molecule has 2 aliphatic rings. The lowest BCUT2D eigenvalue weighted by atomic mass is 9.95. The molecule has 1 fully saturated rings. The van der Waals surface area contributed by atoms with Gasteiger partial charge in [-0.05, 0) is 37.3 Å². The summed E-state index contributed by atoms with van der Waals surface area (Å²) in [5.74, 6) is 1.15. The van der Waals surface area contributed by atoms with Crippen LogP contribution in [-0.2, 0) is 6.42 Å². The van der Waals surface area contributed by atoms with Gasteiger partial charge in [-0.1, -0.05) is 25.3 Å². The molecule has 0 aromatic heterocycles. The zero-order chi connectivity index (χ0) is 13.1. The average molecular weight is 261 g/mol. The minimum absolute atomic E-state index is 0.247. The average Bonchev–Trinajstić information content (AvgIpc) is 2.46. The van der Waals surface area contributed by atoms with E-state index in [2.05, 4.69) is 5.32 Å². The van der Waals surface area contributed by atoms with Crippen molar-refractivity contribution >= 4 is 0 Å². The second kappa shape index (κ2) is 5.83. The molecule has 0 radical (unpaired) electrons. The lowest BCUT2D eigenvalue weighted by Gasteiger charge is -2.29. The van der Waals surface area contributed by atoms with Gasteiger partial charge in [0, 0.05) is 18.7 Å². The van der Waals surface area contributed by atoms with Crippen LogP contribution in [0.1, 0.15) is 44.1 Å². The van der Waals surface area contributed by atoms with E-state index < -0.39 is 0 Å². The van der Waals surface area contributed by atoms with E-state index in [0.717, 1.165) is 25.1 Å². The van der Waals surface area contributed by atoms with Gasteiger partial charge >= 0.3 is 0 Å². The summed E-state index contributed by atoms with van der Waals surface area (Å²) in [4.78, 5) is 0. The van der Waals surface area contributed by atoms with Crippen LogP contribution in [0, 0.1) is 0 Å². The fourth-order valence-corrected chi connectivity index (χ4v) is 3.16. The van der Waals surface area contributed by atoms with E-state index >= 15 is 0 Å². The Morgan fingerprint density at radius 2 is 2.00 bits per heavy atom. The third kappa shape index (κ3) is 3.21. The molecule has 1 aliphatic carbocycles. The third-order valence-electron chi connectivity index (χ3n) is 4.32. The molecule has 3 nitrogen and oxygen atoms in total. The number of hydrogen-bond acceptors (Lipinski definition) is 3. The fraction of sp³-hybridized carbons (Fsp3) is 0.625. The second-order valence-electron chi connectivity index (χ2n) is 5.81. The van der Waals surface area contributed by atoms with E-state index in [1.165, 1.54) is 37.7 Å². The van der Waals surface area contributed by atoms with Crippen molar-refractivity contribution in [3.63, 3.8) is 0 Å². The summed E-state index contributed by atoms with van der Waals surface area (Å²) < 4.78 is 5.98. The van der Waals surface area contributed by atoms with Gasteiger partial charge in [-0.3, -0.25) is 0 Å². The molecule has 1 heterocycles. The van der Waals surface area contributed by atoms with Crippen molar-refractivity contribution in [3.05, 3.63) is 23.8 Å². The maximum atomic E-state index is 9.51. The van der Waals surface area contributed by atoms with Crippen LogP contribution in [0.25, 0.3) is 0 Å². The van der Waals surface area contributed by atoms with E-state index in [-0.39, 0.29) is 6.10 Å². The molecule has 1 aliphatic heterocycles. The van der Waals surface area contributed by atoms with Crippen LogP contribution < -0.4 is 10.1 Å². The number of rotatable bonds is 3. The number of hydrogen-bond donors (Lipinski definition) is 2. The highest BCUT2D eigenvalue weighted by Gasteiger charge is 2.21. The highest BCUT2D eigenvalue weighted by atomic mass is 16.5. The van der Waals surface area contributed by atoms with E-state index in [9.17, 15) is 5.11 Å². The number of phenols is 1. The first kappa shape index (κ1) is 12.8. The second-order valence-corrected chi connectivity index (χ2v) is 5.81. The molecule has 19 heavy (non-hydrogen) atoms. The molecular weight excluding hydrogens is 238 g/mol. The number of benzene rings is 1. The summed E-state index contributed by atoms with van der Waals surface area (Å²) in [5, 5.41) is 13.2. The Balaban J connectivity index is 1.53. The molecule has 0 amide bonds. The molecule has 3 rings (SSSR count). The largest absolute Gasteiger partial charge is 0.508 e. The summed E-state index contributed by atoms with van der Waals surface area (Å²) in [7, 11) is 0. The Morgan fingerprint density at radius 3 is 2.84 bits per heavy atom. The van der Waals surface area contributed by atoms with Crippen molar-refractivity contribution in [1.29, 1.82) is 0 Å². The first-order valence-electron chi connectivity index (χ1n) is 7.53. The first-order valence-corrected chi connectivity index (χ1v) is 7.53. The molecule has 3 heteroatoms. The van der Waals surface area contributed by atoms with E-state index in [4.69, 9.17) is 4.74 Å². The predicted octanol–water partition coefficient (Wildman–Crippen LogP) is 3.01. The maximum absolute atomic E-state index is 9.51. The molecule has 0 saturated heterocycles. The lowest BCUT2D eigenvalue weighted by Crippen LogP contribution is -2.40. The van der Waals surface area contributed by atoms with Gasteiger partial charge in [0.25, 0.3) is 0 Å². The van der Waals surface area contributed by atoms with Gasteiger partial charge in [0.2, 0.25) is 0 Å². The molecular formula is C16H23NO2. The number of nitrogens with one attached hydrogen (secondary N) is 1. The van der Waals surface area contributed by atoms with E-state index in [1.807, 2.05) is 6.07 Å². The number of aryl methyl sites for hydroxylation is 1. The zero-order valence-electron chi connectivity index (χ0n) is 11.4. The fourth-order valence-electron chi connectivity index (χ4n) is 3.16. The van der Waals surface area contributed by atoms with Gasteiger partial charge < -0.3 is 15.2 Å². The van der Waals surface area contributed by atoms with Crippen LogP contribution in [0.15, 0.2) is 18.2 Å². The highest BCUT2D eigenvalue weighted by molar-refractivity contribution is 5.41. The highest BCUT2D eigenvalue weighted by Crippen LogP contribution is 2.30. The van der Waals surface area contributed by atoms with Crippen molar-refractivity contribution in [2.75, 3.05) is 6.54 Å². The quantitative estimate of drug-likeness (QED) is 0.879. The van der Waals surface area contributed by atoms with Gasteiger partial charge in [0.05, 0.1) is 0 Å². The van der Waals surface area contributed by atoms with Gasteiger partial charge in [-0.25, -0.2) is 0 Å². The lowest BCUT2D eigenvalue weighted by molar-refractivity contribution is 0.162. The van der Waals surface area contributed by atoms with Crippen molar-refractivity contribution in [3.8, 4) is 11.5 Å². The predicted molar refractivity (Wildman–Crippen MR) is 75.7 cm³/mol. The van der Waals surface area contributed by atoms with Gasteiger partial charge in [-0.15, -0.1) is 0 Å². The van der Waals surface area contributed by atoms with Gasteiger partial charge in [0.1, 0.15) is 17.6 Å². The standard InChI is InChI=1S/C16H23NO2/c18-14-8-6-12-7-9-15(19-16(12)10-14)11-17-13-4-2-1-3-5-13/h6,8,10,13,15,17-18H,1-5,7,9,11H2. The summed E-state index contributed by atoms with van der Waals surface area (Å²) in [6, 6.07) is 6.13. The number of phenolic OH excluding ortho intramolecular Hbond substituents is 1. The summed E-state index contributed by atoms with van der Waals surface area (Å²) in [5.41, 5.74) is 1.21. The molecule has 1 atom stereocenters. The Kier molecular flexibility index (Phi) is 3.92. The van der Waals surface area contributed by atoms with Crippen molar-refractivity contribution < 1.29 is 9.84 Å². The number of ether oxygens (including phenoxy) is 1. The Morgan fingerprint density at radius 1 is 1.16 bits per heavy atom. The minimum atomic E-state index is 0.247. The summed E-state index contributed by atoms with van der Waals surface area (Å²) in [6.07, 6.45) is 9.10. The Labute approximate surface area is 115 Å². The van der Waals surface area contributed by atoms with Crippen molar-refractivity contribution in [2.24, 2.45) is 0 Å². The van der Waals surface area contributed by atoms with Crippen LogP contribution >= 0.6 is 0 Å². The van der Waals surface area contributed by atoms with Crippen LogP contribution in [0.5, 0.6) is 11.5 Å². The topological polar surface area (TPSA) is 41.5 Å². The van der Waals surface area contributed by atoms with Gasteiger partial charge in [0.15, 0.2) is 0 Å². The molecule has 1 unspecified atom stereocenters. The van der Waals surface area contributed by atoms with Crippen LogP contribution in [0.2, 0.25) is 0 Å². The Hall–Kier alpha value is -1.22. The molecule has 2 N–H and O–H groups in total. The van der Waals surface area contributed by atoms with Crippen molar-refractivity contribution in [1.82, 2.24) is 5.32 Å². The molecule has 1 aromatic carbocycles. The zero-order valence-corrected chi connectivity index (χ0v) is 11.4. The molecule has 1 saturated carbocycles. The van der Waals surface area contributed by atoms with Gasteiger partial charge in [-0.2, -0.15) is 0 Å². The smallest absolute Gasteiger partial charge is 0.126 e. The normalized spacial score (nSPS) is 23.7. The SMILES string of the molecule is Oc1ccc2c(c1)OC(CNC1CCCCC1)CC2. The van der Waals surface area contributed by atoms with Crippen LogP contribution in [0.4, 0.5) is 0 Å². The van der Waals surface area contributed by atoms with Crippen LogP contribution in [-0.4, -0.2) is 23.8 Å². The molecule has 1 aromatic rings. The molecule has 0 bridgehead atoms. The molecule has 0 spiro atoms. The Bertz CT molecular complexity index is 427. The number of aromatic hydroxyl groups is 1. The summed E-state index contributed by atoms with van der Waals surface area (Å²) >= 11 is 0. The third-order valence-corrected chi connectivity index (χ3v) is 4.32. The van der Waals surface area contributed by atoms with E-state index in [1.54, 1.807) is 12.1 Å². The minimum Gasteiger partial charge on any atom is -0.508 e. The molecule has 104 valence electrons. The number of fused-ring (bicyclic) bond motifs is 1. The summed E-state index contributed by atoms with van der Waals surface area (Å²) in [6.45, 7) is 0.930. The van der Waals surface area contributed by atoms with Crippen molar-refractivity contribution in [2.45, 2.75) is 57.1 Å².